The molecule has 0 bridgehead atoms. The molecule has 17 heavy (non-hydrogen) atoms. The van der Waals surface area contributed by atoms with Gasteiger partial charge in [-0.15, -0.1) is 0 Å². The normalized spacial score (nSPS) is 31.8. The maximum Gasteiger partial charge on any atom is 0.254 e. The number of thioether (sulfide) groups is 1. The molecule has 94 valence electrons. The van der Waals surface area contributed by atoms with Gasteiger partial charge in [-0.3, -0.25) is 14.5 Å². The molecular weight excluding hydrogens is 238 g/mol. The standard InChI is InChI=1S/C11H17N3O2S/c1-6(2)8-5-17-11(13-8)12-7-4-9(15)14(3)10(7)16/h6-8H,4-5H2,1-3H3,(H,12,13)/t7?,8-/m1/s1. The fourth-order valence-electron chi connectivity index (χ4n) is 1.82. The van der Waals surface area contributed by atoms with E-state index in [2.05, 4.69) is 24.2 Å². The molecule has 0 aliphatic carbocycles. The average molecular weight is 255 g/mol. The van der Waals surface area contributed by atoms with Crippen LogP contribution in [0, 0.1) is 5.92 Å². The van der Waals surface area contributed by atoms with Gasteiger partial charge in [0, 0.05) is 18.8 Å². The topological polar surface area (TPSA) is 61.8 Å². The van der Waals surface area contributed by atoms with Crippen LogP contribution >= 0.6 is 11.8 Å². The maximum absolute atomic E-state index is 11.7. The summed E-state index contributed by atoms with van der Waals surface area (Å²) < 4.78 is 0. The highest BCUT2D eigenvalue weighted by molar-refractivity contribution is 8.14. The van der Waals surface area contributed by atoms with E-state index in [-0.39, 0.29) is 18.2 Å². The zero-order chi connectivity index (χ0) is 12.6. The van der Waals surface area contributed by atoms with Crippen molar-refractivity contribution in [1.82, 2.24) is 10.2 Å². The molecule has 0 aromatic rings. The van der Waals surface area contributed by atoms with Gasteiger partial charge in [0.1, 0.15) is 6.04 Å². The summed E-state index contributed by atoms with van der Waals surface area (Å²) in [4.78, 5) is 28.5. The second kappa shape index (κ2) is 4.68. The maximum atomic E-state index is 11.7. The first-order valence-electron chi connectivity index (χ1n) is 5.76. The monoisotopic (exact) mass is 255 g/mol. The van der Waals surface area contributed by atoms with Crippen LogP contribution in [0.3, 0.4) is 0 Å². The molecule has 2 fully saturated rings. The third kappa shape index (κ3) is 2.46. The van der Waals surface area contributed by atoms with Crippen molar-refractivity contribution in [2.45, 2.75) is 32.4 Å². The summed E-state index contributed by atoms with van der Waals surface area (Å²) in [6, 6.07) is -0.114. The van der Waals surface area contributed by atoms with Crippen molar-refractivity contribution in [3.63, 3.8) is 0 Å². The van der Waals surface area contributed by atoms with Gasteiger partial charge in [-0.1, -0.05) is 25.6 Å². The third-order valence-corrected chi connectivity index (χ3v) is 4.17. The van der Waals surface area contributed by atoms with Gasteiger partial charge in [0.25, 0.3) is 5.91 Å². The van der Waals surface area contributed by atoms with E-state index in [0.717, 1.165) is 15.8 Å². The summed E-state index contributed by atoms with van der Waals surface area (Å²) in [5.74, 6) is 1.17. The zero-order valence-electron chi connectivity index (χ0n) is 10.3. The van der Waals surface area contributed by atoms with Crippen LogP contribution < -0.4 is 5.32 Å². The predicted octanol–water partition coefficient (Wildman–Crippen LogP) is 0.461. The molecule has 6 heteroatoms. The number of hydrogen-bond acceptors (Lipinski definition) is 4. The lowest BCUT2D eigenvalue weighted by atomic mass is 10.1. The van der Waals surface area contributed by atoms with Gasteiger partial charge in [-0.2, -0.15) is 0 Å². The number of carbonyl (C=O) groups excluding carboxylic acids is 2. The molecule has 2 amide bonds. The number of likely N-dealkylation sites (tertiary alicyclic amines) is 1. The van der Waals surface area contributed by atoms with Crippen LogP contribution in [0.4, 0.5) is 0 Å². The third-order valence-electron chi connectivity index (χ3n) is 3.14. The van der Waals surface area contributed by atoms with Gasteiger partial charge in [-0.25, -0.2) is 4.99 Å². The molecule has 1 unspecified atom stereocenters. The molecule has 2 aliphatic rings. The van der Waals surface area contributed by atoms with E-state index in [4.69, 9.17) is 0 Å². The van der Waals surface area contributed by atoms with Crippen LogP contribution in [0.1, 0.15) is 20.3 Å². The summed E-state index contributed by atoms with van der Waals surface area (Å²) in [5, 5.41) is 4.09. The summed E-state index contributed by atoms with van der Waals surface area (Å²) >= 11 is 1.63. The lowest BCUT2D eigenvalue weighted by molar-refractivity contribution is -0.136. The van der Waals surface area contributed by atoms with E-state index < -0.39 is 6.04 Å². The van der Waals surface area contributed by atoms with Crippen LogP contribution in [0.25, 0.3) is 0 Å². The summed E-state index contributed by atoms with van der Waals surface area (Å²) in [7, 11) is 1.51. The first-order valence-corrected chi connectivity index (χ1v) is 6.75. The number of rotatable bonds is 2. The summed E-state index contributed by atoms with van der Waals surface area (Å²) in [5.41, 5.74) is 0. The highest BCUT2D eigenvalue weighted by Crippen LogP contribution is 2.22. The Labute approximate surface area is 105 Å². The quantitative estimate of drug-likeness (QED) is 0.728. The number of aliphatic imine (C=N–C) groups is 1. The minimum absolute atomic E-state index is 0.146. The minimum atomic E-state index is -0.520. The largest absolute Gasteiger partial charge is 0.361 e. The number of hydrogen-bond donors (Lipinski definition) is 1. The predicted molar refractivity (Wildman–Crippen MR) is 67.8 cm³/mol. The molecule has 0 spiro atoms. The van der Waals surface area contributed by atoms with Crippen LogP contribution in [0.5, 0.6) is 0 Å². The van der Waals surface area contributed by atoms with Crippen LogP contribution in [-0.4, -0.2) is 46.8 Å². The Morgan fingerprint density at radius 2 is 2.18 bits per heavy atom. The van der Waals surface area contributed by atoms with Crippen molar-refractivity contribution in [1.29, 1.82) is 0 Å². The molecule has 1 N–H and O–H groups in total. The highest BCUT2D eigenvalue weighted by Gasteiger charge is 2.37. The van der Waals surface area contributed by atoms with Crippen LogP contribution in [0.2, 0.25) is 0 Å². The number of nitrogens with zero attached hydrogens (tertiary/aromatic N) is 2. The Morgan fingerprint density at radius 1 is 1.47 bits per heavy atom. The fourth-order valence-corrected chi connectivity index (χ4v) is 3.06. The first kappa shape index (κ1) is 12.4. The summed E-state index contributed by atoms with van der Waals surface area (Å²) in [6.45, 7) is 4.30. The Hall–Kier alpha value is -1.04. The Morgan fingerprint density at radius 3 is 2.65 bits per heavy atom. The van der Waals surface area contributed by atoms with Crippen molar-refractivity contribution >= 4 is 28.7 Å². The van der Waals surface area contributed by atoms with Gasteiger partial charge in [0.2, 0.25) is 5.91 Å². The number of imide groups is 1. The lowest BCUT2D eigenvalue weighted by Gasteiger charge is -2.13. The van der Waals surface area contributed by atoms with Gasteiger partial charge in [-0.05, 0) is 5.92 Å². The zero-order valence-corrected chi connectivity index (χ0v) is 11.1. The van der Waals surface area contributed by atoms with E-state index >= 15 is 0 Å². The highest BCUT2D eigenvalue weighted by atomic mass is 32.2. The fraction of sp³-hybridized carbons (Fsp3) is 0.727. The molecular formula is C11H17N3O2S. The van der Waals surface area contributed by atoms with Gasteiger partial charge in [0.05, 0.1) is 6.42 Å². The van der Waals surface area contributed by atoms with Crippen molar-refractivity contribution < 1.29 is 9.59 Å². The van der Waals surface area contributed by atoms with E-state index in [1.54, 1.807) is 11.8 Å². The second-order valence-corrected chi connectivity index (χ2v) is 5.76. The number of amides is 2. The molecule has 2 heterocycles. The van der Waals surface area contributed by atoms with E-state index in [1.165, 1.54) is 7.05 Å². The van der Waals surface area contributed by atoms with Gasteiger partial charge < -0.3 is 5.32 Å². The average Bonchev–Trinajstić information content (AvgIpc) is 2.82. The molecule has 0 aromatic heterocycles. The van der Waals surface area contributed by atoms with E-state index in [0.29, 0.717) is 12.0 Å². The molecule has 2 saturated heterocycles. The van der Waals surface area contributed by atoms with Crippen LogP contribution in [-0.2, 0) is 9.59 Å². The minimum Gasteiger partial charge on any atom is -0.361 e. The molecule has 0 radical (unpaired) electrons. The van der Waals surface area contributed by atoms with Crippen molar-refractivity contribution in [3.05, 3.63) is 0 Å². The van der Waals surface area contributed by atoms with Crippen LogP contribution in [0.15, 0.2) is 4.99 Å². The van der Waals surface area contributed by atoms with E-state index in [9.17, 15) is 9.59 Å². The molecule has 2 atom stereocenters. The second-order valence-electron chi connectivity index (χ2n) is 4.75. The van der Waals surface area contributed by atoms with Crippen molar-refractivity contribution in [2.24, 2.45) is 10.9 Å². The Kier molecular flexibility index (Phi) is 3.42. The number of amidine groups is 1. The van der Waals surface area contributed by atoms with E-state index in [1.807, 2.05) is 0 Å². The molecule has 0 saturated carbocycles. The Balaban J connectivity index is 2.02. The first-order chi connectivity index (χ1) is 7.99. The number of likely N-dealkylation sites (N-methyl/N-ethyl adjacent to an activating group) is 1. The molecule has 5 nitrogen and oxygen atoms in total. The Bertz CT molecular complexity index is 381. The smallest absolute Gasteiger partial charge is 0.254 e. The van der Waals surface area contributed by atoms with Crippen molar-refractivity contribution in [2.75, 3.05) is 12.8 Å². The number of carbonyl (C=O) groups is 2. The number of nitrogens with one attached hydrogen (secondary N) is 1. The van der Waals surface area contributed by atoms with Gasteiger partial charge >= 0.3 is 0 Å². The molecule has 2 rings (SSSR count). The SMILES string of the molecule is CC(C)[C@H]1CSC(=NC2CC(=O)N(C)C2=O)N1. The van der Waals surface area contributed by atoms with Crippen molar-refractivity contribution in [3.8, 4) is 0 Å². The van der Waals surface area contributed by atoms with Gasteiger partial charge in [0.15, 0.2) is 5.17 Å². The molecule has 0 aromatic carbocycles. The molecule has 2 aliphatic heterocycles. The lowest BCUT2D eigenvalue weighted by Crippen LogP contribution is -2.33. The summed E-state index contributed by atoms with van der Waals surface area (Å²) in [6.07, 6.45) is 0.202.